The number of aryl methyl sites for hydroxylation is 1. The molecule has 1 amide bonds. The number of nitrogens with zero attached hydrogens (tertiary/aromatic N) is 1. The Labute approximate surface area is 180 Å². The quantitative estimate of drug-likeness (QED) is 0.593. The van der Waals surface area contributed by atoms with Crippen LogP contribution in [-0.2, 0) is 17.8 Å². The fourth-order valence-electron chi connectivity index (χ4n) is 3.59. The molecule has 0 spiro atoms. The zero-order valence-electron chi connectivity index (χ0n) is 17.2. The third-order valence-electron chi connectivity index (χ3n) is 5.18. The maximum atomic E-state index is 12.9. The predicted octanol–water partition coefficient (Wildman–Crippen LogP) is 4.24. The third-order valence-corrected chi connectivity index (χ3v) is 5.18. The van der Waals surface area contributed by atoms with Gasteiger partial charge in [-0.2, -0.15) is 0 Å². The van der Waals surface area contributed by atoms with Gasteiger partial charge in [-0.25, -0.2) is 4.79 Å². The highest BCUT2D eigenvalue weighted by Gasteiger charge is 2.30. The monoisotopic (exact) mass is 417 g/mol. The highest BCUT2D eigenvalue weighted by Crippen LogP contribution is 2.34. The van der Waals surface area contributed by atoms with Crippen LogP contribution in [0.4, 0.5) is 5.69 Å². The summed E-state index contributed by atoms with van der Waals surface area (Å²) in [7, 11) is 0. The number of fused-ring (bicyclic) bond motifs is 1. The summed E-state index contributed by atoms with van der Waals surface area (Å²) in [6, 6.07) is 20.8. The van der Waals surface area contributed by atoms with Crippen molar-refractivity contribution in [1.29, 1.82) is 0 Å². The molecule has 31 heavy (non-hydrogen) atoms. The molecule has 0 aliphatic carbocycles. The lowest BCUT2D eigenvalue weighted by atomic mass is 10.1. The van der Waals surface area contributed by atoms with E-state index in [4.69, 9.17) is 14.6 Å². The SMILES string of the molecule is Cc1ccc(N2Cc3c(OCCc4cccc(OCC(=O)O)c4)cccc3C2=O)cc1. The van der Waals surface area contributed by atoms with Gasteiger partial charge < -0.3 is 19.5 Å². The lowest BCUT2D eigenvalue weighted by molar-refractivity contribution is -0.139. The number of rotatable bonds is 8. The van der Waals surface area contributed by atoms with Crippen molar-refractivity contribution < 1.29 is 24.2 Å². The van der Waals surface area contributed by atoms with Crippen LogP contribution in [0.25, 0.3) is 0 Å². The first-order valence-electron chi connectivity index (χ1n) is 10.1. The van der Waals surface area contributed by atoms with Crippen molar-refractivity contribution in [1.82, 2.24) is 0 Å². The molecule has 1 aliphatic rings. The number of anilines is 1. The van der Waals surface area contributed by atoms with Crippen LogP contribution in [0.5, 0.6) is 11.5 Å². The van der Waals surface area contributed by atoms with Crippen LogP contribution in [0.1, 0.15) is 27.0 Å². The Morgan fingerprint density at radius 2 is 1.81 bits per heavy atom. The molecule has 3 aromatic rings. The van der Waals surface area contributed by atoms with Crippen molar-refractivity contribution in [2.45, 2.75) is 19.9 Å². The summed E-state index contributed by atoms with van der Waals surface area (Å²) in [6.07, 6.45) is 0.629. The molecule has 0 bridgehead atoms. The highest BCUT2D eigenvalue weighted by atomic mass is 16.5. The van der Waals surface area contributed by atoms with E-state index < -0.39 is 5.97 Å². The maximum absolute atomic E-state index is 12.9. The largest absolute Gasteiger partial charge is 0.493 e. The lowest BCUT2D eigenvalue weighted by Gasteiger charge is -2.16. The molecular formula is C25H23NO5. The van der Waals surface area contributed by atoms with E-state index in [-0.39, 0.29) is 12.5 Å². The van der Waals surface area contributed by atoms with Crippen LogP contribution in [-0.4, -0.2) is 30.2 Å². The average molecular weight is 417 g/mol. The van der Waals surface area contributed by atoms with Crippen molar-refractivity contribution >= 4 is 17.6 Å². The first-order valence-corrected chi connectivity index (χ1v) is 10.1. The van der Waals surface area contributed by atoms with Gasteiger partial charge in [0, 0.05) is 23.2 Å². The Morgan fingerprint density at radius 3 is 2.58 bits per heavy atom. The molecule has 0 saturated heterocycles. The summed E-state index contributed by atoms with van der Waals surface area (Å²) in [5.41, 5.74) is 4.56. The molecule has 158 valence electrons. The second kappa shape index (κ2) is 8.92. The predicted molar refractivity (Wildman–Crippen MR) is 117 cm³/mol. The number of hydrogen-bond acceptors (Lipinski definition) is 4. The number of ether oxygens (including phenoxy) is 2. The number of carbonyl (C=O) groups excluding carboxylic acids is 1. The summed E-state index contributed by atoms with van der Waals surface area (Å²) >= 11 is 0. The minimum absolute atomic E-state index is 0.0208. The molecule has 1 aliphatic heterocycles. The molecule has 6 nitrogen and oxygen atoms in total. The number of carbonyl (C=O) groups is 2. The van der Waals surface area contributed by atoms with Crippen LogP contribution >= 0.6 is 0 Å². The first kappa shape index (κ1) is 20.5. The van der Waals surface area contributed by atoms with Gasteiger partial charge in [-0.3, -0.25) is 4.79 Å². The van der Waals surface area contributed by atoms with Crippen LogP contribution in [0.2, 0.25) is 0 Å². The van der Waals surface area contributed by atoms with Crippen molar-refractivity contribution in [2.75, 3.05) is 18.1 Å². The standard InChI is InChI=1S/C25H23NO5/c1-17-8-10-19(11-9-17)26-15-22-21(25(26)29)6-3-7-23(22)30-13-12-18-4-2-5-20(14-18)31-16-24(27)28/h2-11,14H,12-13,15-16H2,1H3,(H,27,28). The van der Waals surface area contributed by atoms with Crippen molar-refractivity contribution in [3.8, 4) is 11.5 Å². The molecule has 6 heteroatoms. The molecular weight excluding hydrogens is 394 g/mol. The Hall–Kier alpha value is -3.80. The molecule has 4 rings (SSSR count). The number of benzene rings is 3. The molecule has 0 saturated carbocycles. The van der Waals surface area contributed by atoms with Gasteiger partial charge in [0.1, 0.15) is 11.5 Å². The summed E-state index contributed by atoms with van der Waals surface area (Å²) < 4.78 is 11.3. The van der Waals surface area contributed by atoms with Crippen LogP contribution in [0, 0.1) is 6.92 Å². The van der Waals surface area contributed by atoms with E-state index in [9.17, 15) is 9.59 Å². The van der Waals surface area contributed by atoms with E-state index in [1.54, 1.807) is 11.0 Å². The van der Waals surface area contributed by atoms with Gasteiger partial charge in [0.2, 0.25) is 0 Å². The molecule has 0 radical (unpaired) electrons. The van der Waals surface area contributed by atoms with Crippen LogP contribution < -0.4 is 14.4 Å². The third kappa shape index (κ3) is 4.69. The molecule has 1 heterocycles. The van der Waals surface area contributed by atoms with E-state index >= 15 is 0 Å². The second-order valence-corrected chi connectivity index (χ2v) is 7.44. The Bertz CT molecular complexity index is 1110. The van der Waals surface area contributed by atoms with E-state index in [1.807, 2.05) is 67.6 Å². The fourth-order valence-corrected chi connectivity index (χ4v) is 3.59. The Kier molecular flexibility index (Phi) is 5.89. The molecule has 3 aromatic carbocycles. The number of amides is 1. The minimum Gasteiger partial charge on any atom is -0.493 e. The van der Waals surface area contributed by atoms with Gasteiger partial charge >= 0.3 is 5.97 Å². The van der Waals surface area contributed by atoms with Gasteiger partial charge in [-0.15, -0.1) is 0 Å². The van der Waals surface area contributed by atoms with Gasteiger partial charge in [0.15, 0.2) is 6.61 Å². The number of carboxylic acid groups (broad SMARTS) is 1. The van der Waals surface area contributed by atoms with Gasteiger partial charge in [0.25, 0.3) is 5.91 Å². The van der Waals surface area contributed by atoms with Crippen molar-refractivity contribution in [3.63, 3.8) is 0 Å². The van der Waals surface area contributed by atoms with Gasteiger partial charge in [0.05, 0.1) is 13.2 Å². The smallest absolute Gasteiger partial charge is 0.341 e. The maximum Gasteiger partial charge on any atom is 0.341 e. The minimum atomic E-state index is -1.01. The first-order chi connectivity index (χ1) is 15.0. The Balaban J connectivity index is 1.42. The number of aliphatic carboxylic acids is 1. The average Bonchev–Trinajstić information content (AvgIpc) is 3.11. The fraction of sp³-hybridized carbons (Fsp3) is 0.200. The van der Waals surface area contributed by atoms with Crippen molar-refractivity contribution in [2.24, 2.45) is 0 Å². The van der Waals surface area contributed by atoms with Crippen LogP contribution in [0.3, 0.4) is 0 Å². The molecule has 0 atom stereocenters. The zero-order valence-corrected chi connectivity index (χ0v) is 17.2. The lowest BCUT2D eigenvalue weighted by Crippen LogP contribution is -2.22. The number of carboxylic acids is 1. The van der Waals surface area contributed by atoms with E-state index in [0.717, 1.165) is 22.4 Å². The zero-order chi connectivity index (χ0) is 21.8. The summed E-state index contributed by atoms with van der Waals surface area (Å²) in [5, 5.41) is 8.74. The molecule has 0 unspecified atom stereocenters. The summed E-state index contributed by atoms with van der Waals surface area (Å²) in [4.78, 5) is 25.3. The summed E-state index contributed by atoms with van der Waals surface area (Å²) in [5.74, 6) is 0.187. The van der Waals surface area contributed by atoms with E-state index in [1.165, 1.54) is 0 Å². The topological polar surface area (TPSA) is 76.1 Å². The molecule has 0 aromatic heterocycles. The van der Waals surface area contributed by atoms with Crippen molar-refractivity contribution in [3.05, 3.63) is 89.0 Å². The summed E-state index contributed by atoms with van der Waals surface area (Å²) in [6.45, 7) is 2.55. The Morgan fingerprint density at radius 1 is 1.03 bits per heavy atom. The van der Waals surface area contributed by atoms with Gasteiger partial charge in [-0.1, -0.05) is 35.9 Å². The molecule has 1 N–H and O–H groups in total. The van der Waals surface area contributed by atoms with Crippen LogP contribution in [0.15, 0.2) is 66.7 Å². The second-order valence-electron chi connectivity index (χ2n) is 7.44. The van der Waals surface area contributed by atoms with Gasteiger partial charge in [-0.05, 0) is 48.9 Å². The molecule has 0 fully saturated rings. The van der Waals surface area contributed by atoms with E-state index in [2.05, 4.69) is 0 Å². The number of hydrogen-bond donors (Lipinski definition) is 1. The highest BCUT2D eigenvalue weighted by molar-refractivity contribution is 6.10. The normalized spacial score (nSPS) is 12.5. The van der Waals surface area contributed by atoms with E-state index in [0.29, 0.717) is 36.6 Å².